The van der Waals surface area contributed by atoms with Gasteiger partial charge in [0.1, 0.15) is 5.60 Å². The summed E-state index contributed by atoms with van der Waals surface area (Å²) in [4.78, 5) is 26.6. The third-order valence-corrected chi connectivity index (χ3v) is 4.71. The highest BCUT2D eigenvalue weighted by Crippen LogP contribution is 2.23. The molecule has 1 aromatic heterocycles. The Morgan fingerprint density at radius 1 is 1.23 bits per heavy atom. The van der Waals surface area contributed by atoms with Crippen molar-refractivity contribution in [2.24, 2.45) is 5.92 Å². The molecule has 2 amide bonds. The molecule has 1 aliphatic rings. The molecule has 0 aliphatic carbocycles. The Morgan fingerprint density at radius 3 is 2.67 bits per heavy atom. The Kier molecular flexibility index (Phi) is 6.77. The molecule has 1 fully saturated rings. The first kappa shape index (κ1) is 21.8. The maximum atomic E-state index is 12.7. The predicted octanol–water partition coefficient (Wildman–Crippen LogP) is 4.05. The number of hydrogen-bond donors (Lipinski definition) is 2. The number of aromatic nitrogens is 2. The van der Waals surface area contributed by atoms with Crippen LogP contribution >= 0.6 is 11.6 Å². The largest absolute Gasteiger partial charge is 0.444 e. The average Bonchev–Trinajstić information content (AvgIpc) is 3.15. The number of ether oxygens (including phenoxy) is 1. The SMILES string of the molecule is CC(C)(C)OC(=O)N1CCC(CNc2cc(Cl)nnc2C(=O)Nc2ccccc2)C1. The van der Waals surface area contributed by atoms with Crippen LogP contribution in [0.25, 0.3) is 0 Å². The number of benzene rings is 1. The lowest BCUT2D eigenvalue weighted by Crippen LogP contribution is -2.35. The van der Waals surface area contributed by atoms with Gasteiger partial charge in [-0.3, -0.25) is 4.79 Å². The Bertz CT molecular complexity index is 901. The second-order valence-electron chi connectivity index (χ2n) is 8.21. The van der Waals surface area contributed by atoms with Gasteiger partial charge in [-0.2, -0.15) is 0 Å². The smallest absolute Gasteiger partial charge is 0.410 e. The Balaban J connectivity index is 1.61. The van der Waals surface area contributed by atoms with Gasteiger partial charge in [0, 0.05) is 31.4 Å². The standard InChI is InChI=1S/C21H26ClN5O3/c1-21(2,3)30-20(29)27-10-9-14(13-27)12-23-16-11-17(22)25-26-18(16)19(28)24-15-7-5-4-6-8-15/h4-8,11,14H,9-10,12-13H2,1-3H3,(H,23,25)(H,24,28). The lowest BCUT2D eigenvalue weighted by atomic mass is 10.1. The molecule has 1 aromatic carbocycles. The van der Waals surface area contributed by atoms with E-state index in [2.05, 4.69) is 20.8 Å². The van der Waals surface area contributed by atoms with Gasteiger partial charge in [0.05, 0.1) is 5.69 Å². The number of nitrogens with zero attached hydrogens (tertiary/aromatic N) is 3. The van der Waals surface area contributed by atoms with E-state index in [0.29, 0.717) is 31.0 Å². The first-order valence-electron chi connectivity index (χ1n) is 9.83. The van der Waals surface area contributed by atoms with Crippen molar-refractivity contribution in [3.8, 4) is 0 Å². The quantitative estimate of drug-likeness (QED) is 0.741. The number of carbonyl (C=O) groups is 2. The number of nitrogens with one attached hydrogen (secondary N) is 2. The van der Waals surface area contributed by atoms with Gasteiger partial charge >= 0.3 is 6.09 Å². The number of anilines is 2. The van der Waals surface area contributed by atoms with Gasteiger partial charge in [-0.15, -0.1) is 10.2 Å². The molecule has 1 aliphatic heterocycles. The third-order valence-electron chi connectivity index (χ3n) is 4.53. The van der Waals surface area contributed by atoms with E-state index in [1.54, 1.807) is 23.1 Å². The summed E-state index contributed by atoms with van der Waals surface area (Å²) >= 11 is 5.99. The van der Waals surface area contributed by atoms with Gasteiger partial charge in [-0.05, 0) is 45.2 Å². The van der Waals surface area contributed by atoms with Crippen LogP contribution in [0.1, 0.15) is 37.7 Å². The first-order chi connectivity index (χ1) is 14.2. The Morgan fingerprint density at radius 2 is 1.97 bits per heavy atom. The lowest BCUT2D eigenvalue weighted by Gasteiger charge is -2.24. The van der Waals surface area contributed by atoms with E-state index in [0.717, 1.165) is 6.42 Å². The van der Waals surface area contributed by atoms with E-state index >= 15 is 0 Å². The number of rotatable bonds is 5. The van der Waals surface area contributed by atoms with Crippen LogP contribution in [0.5, 0.6) is 0 Å². The highest BCUT2D eigenvalue weighted by Gasteiger charge is 2.30. The fourth-order valence-corrected chi connectivity index (χ4v) is 3.27. The molecule has 0 radical (unpaired) electrons. The zero-order chi connectivity index (χ0) is 21.7. The summed E-state index contributed by atoms with van der Waals surface area (Å²) in [5.41, 5.74) is 0.798. The summed E-state index contributed by atoms with van der Waals surface area (Å²) in [5.74, 6) is -0.163. The summed E-state index contributed by atoms with van der Waals surface area (Å²) < 4.78 is 5.43. The first-order valence-corrected chi connectivity index (χ1v) is 10.2. The minimum absolute atomic E-state index is 0.158. The third kappa shape index (κ3) is 6.06. The molecule has 2 aromatic rings. The molecule has 0 bridgehead atoms. The summed E-state index contributed by atoms with van der Waals surface area (Å²) in [6, 6.07) is 10.7. The van der Waals surface area contributed by atoms with Crippen LogP contribution in [0.2, 0.25) is 5.15 Å². The van der Waals surface area contributed by atoms with E-state index in [-0.39, 0.29) is 28.8 Å². The van der Waals surface area contributed by atoms with Crippen molar-refractivity contribution in [1.29, 1.82) is 0 Å². The van der Waals surface area contributed by atoms with Crippen LogP contribution in [0.4, 0.5) is 16.2 Å². The molecule has 30 heavy (non-hydrogen) atoms. The second-order valence-corrected chi connectivity index (χ2v) is 8.60. The Hall–Kier alpha value is -2.87. The van der Waals surface area contributed by atoms with Gasteiger partial charge in [-0.1, -0.05) is 29.8 Å². The molecule has 9 heteroatoms. The van der Waals surface area contributed by atoms with Crippen LogP contribution in [0.15, 0.2) is 36.4 Å². The van der Waals surface area contributed by atoms with Crippen molar-refractivity contribution in [2.45, 2.75) is 32.8 Å². The van der Waals surface area contributed by atoms with Crippen LogP contribution in [0.3, 0.4) is 0 Å². The van der Waals surface area contributed by atoms with Gasteiger partial charge in [-0.25, -0.2) is 4.79 Å². The summed E-state index contributed by atoms with van der Waals surface area (Å²) in [7, 11) is 0. The topological polar surface area (TPSA) is 96.4 Å². The van der Waals surface area contributed by atoms with Crippen LogP contribution in [-0.4, -0.2) is 52.3 Å². The molecular weight excluding hydrogens is 406 g/mol. The molecule has 160 valence electrons. The second kappa shape index (κ2) is 9.30. The zero-order valence-corrected chi connectivity index (χ0v) is 18.1. The highest BCUT2D eigenvalue weighted by molar-refractivity contribution is 6.29. The molecule has 3 rings (SSSR count). The van der Waals surface area contributed by atoms with Crippen molar-refractivity contribution in [1.82, 2.24) is 15.1 Å². The van der Waals surface area contributed by atoms with Crippen LogP contribution in [0, 0.1) is 5.92 Å². The number of halogens is 1. The van der Waals surface area contributed by atoms with E-state index in [4.69, 9.17) is 16.3 Å². The molecule has 8 nitrogen and oxygen atoms in total. The van der Waals surface area contributed by atoms with Gasteiger partial charge < -0.3 is 20.3 Å². The van der Waals surface area contributed by atoms with Crippen molar-refractivity contribution in [2.75, 3.05) is 30.3 Å². The fraction of sp³-hybridized carbons (Fsp3) is 0.429. The molecule has 1 saturated heterocycles. The summed E-state index contributed by atoms with van der Waals surface area (Å²) in [6.07, 6.45) is 0.533. The zero-order valence-electron chi connectivity index (χ0n) is 17.3. The number of amides is 2. The number of para-hydroxylation sites is 1. The molecule has 0 saturated carbocycles. The molecule has 1 atom stereocenters. The Labute approximate surface area is 181 Å². The number of likely N-dealkylation sites (tertiary alicyclic amines) is 1. The monoisotopic (exact) mass is 431 g/mol. The summed E-state index contributed by atoms with van der Waals surface area (Å²) in [6.45, 7) is 7.33. The van der Waals surface area contributed by atoms with Gasteiger partial charge in [0.2, 0.25) is 0 Å². The van der Waals surface area contributed by atoms with Crippen molar-refractivity contribution < 1.29 is 14.3 Å². The number of carbonyl (C=O) groups excluding carboxylic acids is 2. The van der Waals surface area contributed by atoms with E-state index in [1.807, 2.05) is 39.0 Å². The predicted molar refractivity (Wildman–Crippen MR) is 116 cm³/mol. The number of hydrogen-bond acceptors (Lipinski definition) is 6. The maximum Gasteiger partial charge on any atom is 0.410 e. The molecule has 0 spiro atoms. The molecule has 1 unspecified atom stereocenters. The van der Waals surface area contributed by atoms with Gasteiger partial charge in [0.25, 0.3) is 5.91 Å². The fourth-order valence-electron chi connectivity index (χ4n) is 3.13. The van der Waals surface area contributed by atoms with E-state index in [9.17, 15) is 9.59 Å². The molecule has 2 heterocycles. The van der Waals surface area contributed by atoms with Crippen LogP contribution in [-0.2, 0) is 4.74 Å². The van der Waals surface area contributed by atoms with Crippen molar-refractivity contribution in [3.05, 3.63) is 47.2 Å². The summed E-state index contributed by atoms with van der Waals surface area (Å²) in [5, 5.41) is 14.0. The maximum absolute atomic E-state index is 12.7. The van der Waals surface area contributed by atoms with Crippen molar-refractivity contribution in [3.63, 3.8) is 0 Å². The van der Waals surface area contributed by atoms with E-state index in [1.165, 1.54) is 0 Å². The minimum Gasteiger partial charge on any atom is -0.444 e. The lowest BCUT2D eigenvalue weighted by molar-refractivity contribution is 0.0289. The van der Waals surface area contributed by atoms with Crippen LogP contribution < -0.4 is 10.6 Å². The molecular formula is C21H26ClN5O3. The minimum atomic E-state index is -0.520. The average molecular weight is 432 g/mol. The van der Waals surface area contributed by atoms with Crippen molar-refractivity contribution >= 4 is 35.0 Å². The van der Waals surface area contributed by atoms with E-state index < -0.39 is 5.60 Å². The highest BCUT2D eigenvalue weighted by atomic mass is 35.5. The van der Waals surface area contributed by atoms with Gasteiger partial charge in [0.15, 0.2) is 10.8 Å². The molecule has 2 N–H and O–H groups in total. The normalized spacial score (nSPS) is 16.3.